The molecular formula is C32H52P2. The van der Waals surface area contributed by atoms with Crippen LogP contribution in [0.15, 0.2) is 50.6 Å². The van der Waals surface area contributed by atoms with Crippen molar-refractivity contribution in [2.75, 3.05) is 26.7 Å². The normalized spacial score (nSPS) is 9.00. The molecule has 0 heterocycles. The molecule has 34 heavy (non-hydrogen) atoms. The topological polar surface area (TPSA) is 0 Å². The molecule has 2 aromatic rings. The van der Waals surface area contributed by atoms with Crippen LogP contribution >= 0.6 is 15.8 Å². The summed E-state index contributed by atoms with van der Waals surface area (Å²) in [7, 11) is -0.555. The summed E-state index contributed by atoms with van der Waals surface area (Å²) < 4.78 is 0. The van der Waals surface area contributed by atoms with Gasteiger partial charge in [0.15, 0.2) is 0 Å². The van der Waals surface area contributed by atoms with E-state index >= 15 is 0 Å². The minimum Gasteiger partial charge on any atom is -0.0984 e. The minimum absolute atomic E-state index is 0.277. The van der Waals surface area contributed by atoms with Gasteiger partial charge in [-0.1, -0.05) is 146 Å². The van der Waals surface area contributed by atoms with Gasteiger partial charge in [-0.3, -0.25) is 0 Å². The second-order valence-electron chi connectivity index (χ2n) is 6.53. The Morgan fingerprint density at radius 2 is 0.735 bits per heavy atom. The molecule has 0 unspecified atom stereocenters. The Balaban J connectivity index is -0.00000108. The zero-order valence-corrected chi connectivity index (χ0v) is 26.1. The van der Waals surface area contributed by atoms with Gasteiger partial charge in [-0.2, -0.15) is 0 Å². The van der Waals surface area contributed by atoms with Crippen LogP contribution in [0, 0.1) is 0 Å². The van der Waals surface area contributed by atoms with Crippen molar-refractivity contribution < 1.29 is 0 Å². The third-order valence-electron chi connectivity index (χ3n) is 4.58. The summed E-state index contributed by atoms with van der Waals surface area (Å²) in [5.41, 5.74) is 7.15. The van der Waals surface area contributed by atoms with Crippen molar-refractivity contribution in [1.29, 1.82) is 0 Å². The van der Waals surface area contributed by atoms with Gasteiger partial charge in [0, 0.05) is 0 Å². The third-order valence-corrected chi connectivity index (χ3v) is 7.25. The van der Waals surface area contributed by atoms with Gasteiger partial charge in [-0.15, -0.1) is 0 Å². The summed E-state index contributed by atoms with van der Waals surface area (Å²) in [6.45, 7) is 41.5. The Morgan fingerprint density at radius 1 is 0.471 bits per heavy atom. The van der Waals surface area contributed by atoms with Crippen LogP contribution in [0.1, 0.15) is 77.6 Å². The summed E-state index contributed by atoms with van der Waals surface area (Å²) in [5, 5.41) is 2.78. The summed E-state index contributed by atoms with van der Waals surface area (Å²) in [6.07, 6.45) is 7.78. The van der Waals surface area contributed by atoms with Crippen molar-refractivity contribution in [2.24, 2.45) is 0 Å². The molecular weight excluding hydrogens is 446 g/mol. The second-order valence-corrected chi connectivity index (χ2v) is 11.1. The monoisotopic (exact) mass is 498 g/mol. The first kappa shape index (κ1) is 36.8. The highest BCUT2D eigenvalue weighted by atomic mass is 31.1. The lowest BCUT2D eigenvalue weighted by Crippen LogP contribution is -2.15. The van der Waals surface area contributed by atoms with E-state index in [1.165, 1.54) is 21.7 Å². The van der Waals surface area contributed by atoms with Crippen LogP contribution in [-0.2, 0) is 0 Å². The molecule has 0 bridgehead atoms. The highest BCUT2D eigenvalue weighted by molar-refractivity contribution is 7.65. The Kier molecular flexibility index (Phi) is 23.6. The molecule has 0 fully saturated rings. The molecule has 0 N–H and O–H groups in total. The van der Waals surface area contributed by atoms with Crippen LogP contribution in [0.2, 0.25) is 0 Å². The smallest absolute Gasteiger partial charge is 0.00161 e. The van der Waals surface area contributed by atoms with E-state index in [0.29, 0.717) is 0 Å². The standard InChI is InChI=1S/C24H28P2.4C2H6/c1-9-17-13-15-21(25(5)6)23(19(17)11-3)24-20(12-4)18(10-2)14-16-22(24)26(7)8;4*1-2/h9-16H,1-4H2,5-8H3;4*1-2H3. The average Bonchev–Trinajstić information content (AvgIpc) is 2.91. The molecule has 0 saturated carbocycles. The van der Waals surface area contributed by atoms with Crippen LogP contribution in [0.3, 0.4) is 0 Å². The van der Waals surface area contributed by atoms with Gasteiger partial charge in [0.1, 0.15) is 0 Å². The first-order chi connectivity index (χ1) is 16.4. The van der Waals surface area contributed by atoms with Gasteiger partial charge < -0.3 is 0 Å². The molecule has 0 aliphatic rings. The van der Waals surface area contributed by atoms with E-state index < -0.39 is 0 Å². The lowest BCUT2D eigenvalue weighted by Gasteiger charge is -2.25. The molecule has 0 spiro atoms. The van der Waals surface area contributed by atoms with Crippen molar-refractivity contribution in [1.82, 2.24) is 0 Å². The Labute approximate surface area is 216 Å². The Hall–Kier alpha value is -1.74. The van der Waals surface area contributed by atoms with E-state index in [1.807, 2.05) is 79.7 Å². The lowest BCUT2D eigenvalue weighted by molar-refractivity contribution is 1.50. The lowest BCUT2D eigenvalue weighted by atomic mass is 9.89. The zero-order chi connectivity index (χ0) is 27.4. The predicted octanol–water partition coefficient (Wildman–Crippen LogP) is 10.8. The summed E-state index contributed by atoms with van der Waals surface area (Å²) in [5.74, 6) is 0. The van der Waals surface area contributed by atoms with E-state index in [4.69, 9.17) is 0 Å². The Bertz CT molecular complexity index is 798. The van der Waals surface area contributed by atoms with Gasteiger partial charge in [-0.25, -0.2) is 0 Å². The average molecular weight is 499 g/mol. The fraction of sp³-hybridized carbons (Fsp3) is 0.375. The van der Waals surface area contributed by atoms with Crippen molar-refractivity contribution in [3.8, 4) is 11.1 Å². The van der Waals surface area contributed by atoms with Crippen LogP contribution in [0.5, 0.6) is 0 Å². The fourth-order valence-corrected chi connectivity index (χ4v) is 5.42. The number of rotatable bonds is 7. The molecule has 0 aromatic heterocycles. The molecule has 0 saturated heterocycles. The van der Waals surface area contributed by atoms with Crippen LogP contribution in [-0.4, -0.2) is 26.7 Å². The van der Waals surface area contributed by atoms with Crippen molar-refractivity contribution in [3.05, 3.63) is 72.8 Å². The summed E-state index contributed by atoms with van der Waals surface area (Å²) >= 11 is 0. The molecule has 190 valence electrons. The van der Waals surface area contributed by atoms with Crippen LogP contribution in [0.4, 0.5) is 0 Å². The van der Waals surface area contributed by atoms with E-state index in [0.717, 1.165) is 22.3 Å². The Morgan fingerprint density at radius 3 is 0.912 bits per heavy atom. The van der Waals surface area contributed by atoms with E-state index in [1.54, 1.807) is 0 Å². The van der Waals surface area contributed by atoms with Gasteiger partial charge >= 0.3 is 0 Å². The molecule has 2 rings (SSSR count). The maximum absolute atomic E-state index is 4.12. The highest BCUT2D eigenvalue weighted by Crippen LogP contribution is 2.41. The molecule has 0 atom stereocenters. The summed E-state index contributed by atoms with van der Waals surface area (Å²) in [6, 6.07) is 8.85. The quantitative estimate of drug-likeness (QED) is 0.333. The summed E-state index contributed by atoms with van der Waals surface area (Å²) in [4.78, 5) is 0. The predicted molar refractivity (Wildman–Crippen MR) is 174 cm³/mol. The molecule has 0 aliphatic heterocycles. The van der Waals surface area contributed by atoms with Gasteiger partial charge in [0.05, 0.1) is 0 Å². The first-order valence-corrected chi connectivity index (χ1v) is 17.1. The molecule has 0 aliphatic carbocycles. The molecule has 2 heteroatoms. The zero-order valence-electron chi connectivity index (χ0n) is 24.3. The molecule has 2 aromatic carbocycles. The second kappa shape index (κ2) is 21.8. The van der Waals surface area contributed by atoms with Gasteiger partial charge in [0.2, 0.25) is 0 Å². The molecule has 0 nitrogen and oxygen atoms in total. The minimum atomic E-state index is -0.277. The first-order valence-electron chi connectivity index (χ1n) is 12.6. The highest BCUT2D eigenvalue weighted by Gasteiger charge is 2.21. The van der Waals surface area contributed by atoms with E-state index in [9.17, 15) is 0 Å². The SMILES string of the molecule is C=Cc1ccc(P(C)C)c(-c2c(P(C)C)ccc(C=C)c2C=C)c1C=C.CC.CC.CC.CC. The van der Waals surface area contributed by atoms with Gasteiger partial charge in [-0.05, 0) is 70.6 Å². The van der Waals surface area contributed by atoms with Crippen LogP contribution in [0.25, 0.3) is 35.4 Å². The van der Waals surface area contributed by atoms with Crippen molar-refractivity contribution in [3.63, 3.8) is 0 Å². The van der Waals surface area contributed by atoms with E-state index in [-0.39, 0.29) is 15.8 Å². The largest absolute Gasteiger partial charge is 0.0984 e. The van der Waals surface area contributed by atoms with E-state index in [2.05, 4.69) is 77.2 Å². The molecule has 0 amide bonds. The number of benzene rings is 2. The fourth-order valence-electron chi connectivity index (χ4n) is 3.31. The van der Waals surface area contributed by atoms with Crippen LogP contribution < -0.4 is 10.6 Å². The third kappa shape index (κ3) is 9.49. The number of hydrogen-bond acceptors (Lipinski definition) is 0. The maximum atomic E-state index is 4.12. The van der Waals surface area contributed by atoms with Crippen molar-refractivity contribution >= 4 is 50.8 Å². The molecule has 0 radical (unpaired) electrons. The number of hydrogen-bond donors (Lipinski definition) is 0. The maximum Gasteiger partial charge on any atom is -0.00161 e. The van der Waals surface area contributed by atoms with Gasteiger partial charge in [0.25, 0.3) is 0 Å². The van der Waals surface area contributed by atoms with Crippen molar-refractivity contribution in [2.45, 2.75) is 55.4 Å².